The van der Waals surface area contributed by atoms with E-state index in [1.54, 1.807) is 44.6 Å². The standard InChI is InChI=1S/C24H25ClN4O4/c1-31-20-7-3-17(4-8-20)24-26-22(33-27-24)16-28-11-13-29(14-12-28)23(30)10-5-18-15-19(25)6-9-21(18)32-2/h3-10,15H,11-14,16H2,1-2H3. The maximum Gasteiger partial charge on any atom is 0.246 e. The third-order valence-electron chi connectivity index (χ3n) is 5.46. The number of nitrogens with zero attached hydrogens (tertiary/aromatic N) is 4. The highest BCUT2D eigenvalue weighted by atomic mass is 35.5. The number of hydrogen-bond acceptors (Lipinski definition) is 7. The van der Waals surface area contributed by atoms with Crippen LogP contribution in [0.4, 0.5) is 0 Å². The van der Waals surface area contributed by atoms with Crippen LogP contribution < -0.4 is 9.47 Å². The minimum atomic E-state index is -0.0451. The number of carbonyl (C=O) groups is 1. The first-order valence-corrected chi connectivity index (χ1v) is 10.9. The van der Waals surface area contributed by atoms with E-state index in [2.05, 4.69) is 15.0 Å². The zero-order valence-electron chi connectivity index (χ0n) is 18.5. The molecule has 9 heteroatoms. The van der Waals surface area contributed by atoms with Gasteiger partial charge in [-0.15, -0.1) is 0 Å². The summed E-state index contributed by atoms with van der Waals surface area (Å²) in [6, 6.07) is 12.8. The molecule has 0 radical (unpaired) electrons. The molecule has 4 rings (SSSR count). The highest BCUT2D eigenvalue weighted by molar-refractivity contribution is 6.30. The van der Waals surface area contributed by atoms with Crippen molar-refractivity contribution in [2.24, 2.45) is 0 Å². The molecule has 33 heavy (non-hydrogen) atoms. The van der Waals surface area contributed by atoms with Crippen LogP contribution in [0.15, 0.2) is 53.1 Å². The molecule has 2 heterocycles. The fraction of sp³-hybridized carbons (Fsp3) is 0.292. The molecule has 0 aliphatic carbocycles. The summed E-state index contributed by atoms with van der Waals surface area (Å²) in [6.45, 7) is 3.23. The molecule has 1 amide bonds. The number of carbonyl (C=O) groups excluding carboxylic acids is 1. The summed E-state index contributed by atoms with van der Waals surface area (Å²) in [5.74, 6) is 2.49. The summed E-state index contributed by atoms with van der Waals surface area (Å²) in [7, 11) is 3.21. The van der Waals surface area contributed by atoms with Crippen molar-refractivity contribution in [3.8, 4) is 22.9 Å². The van der Waals surface area contributed by atoms with Crippen LogP contribution in [0.1, 0.15) is 11.5 Å². The number of hydrogen-bond donors (Lipinski definition) is 0. The number of rotatable bonds is 7. The number of ether oxygens (including phenoxy) is 2. The Hall–Kier alpha value is -3.36. The van der Waals surface area contributed by atoms with Crippen LogP contribution >= 0.6 is 11.6 Å². The number of benzene rings is 2. The Morgan fingerprint density at radius 3 is 2.55 bits per heavy atom. The van der Waals surface area contributed by atoms with Gasteiger partial charge in [0.2, 0.25) is 17.6 Å². The average molecular weight is 469 g/mol. The van der Waals surface area contributed by atoms with Gasteiger partial charge < -0.3 is 18.9 Å². The molecule has 0 N–H and O–H groups in total. The third-order valence-corrected chi connectivity index (χ3v) is 5.69. The first kappa shape index (κ1) is 22.8. The van der Waals surface area contributed by atoms with Gasteiger partial charge in [-0.1, -0.05) is 16.8 Å². The topological polar surface area (TPSA) is 80.9 Å². The Kier molecular flexibility index (Phi) is 7.26. The van der Waals surface area contributed by atoms with Crippen molar-refractivity contribution in [2.45, 2.75) is 6.54 Å². The van der Waals surface area contributed by atoms with Gasteiger partial charge >= 0.3 is 0 Å². The molecule has 0 bridgehead atoms. The van der Waals surface area contributed by atoms with Crippen LogP contribution in [-0.4, -0.2) is 66.2 Å². The SMILES string of the molecule is COc1ccc(-c2noc(CN3CCN(C(=O)C=Cc4cc(Cl)ccc4OC)CC3)n2)cc1. The van der Waals surface area contributed by atoms with E-state index in [1.165, 1.54) is 0 Å². The van der Waals surface area contributed by atoms with Crippen LogP contribution in [0.2, 0.25) is 5.02 Å². The quantitative estimate of drug-likeness (QED) is 0.488. The van der Waals surface area contributed by atoms with Gasteiger partial charge in [0.1, 0.15) is 11.5 Å². The van der Waals surface area contributed by atoms with Crippen molar-refractivity contribution in [3.05, 3.63) is 65.0 Å². The lowest BCUT2D eigenvalue weighted by Gasteiger charge is -2.33. The van der Waals surface area contributed by atoms with Crippen molar-refractivity contribution in [2.75, 3.05) is 40.4 Å². The summed E-state index contributed by atoms with van der Waals surface area (Å²) >= 11 is 6.06. The van der Waals surface area contributed by atoms with Crippen LogP contribution in [0, 0.1) is 0 Å². The minimum Gasteiger partial charge on any atom is -0.497 e. The molecule has 0 atom stereocenters. The zero-order valence-corrected chi connectivity index (χ0v) is 19.3. The van der Waals surface area contributed by atoms with Gasteiger partial charge in [0.15, 0.2) is 0 Å². The molecule has 3 aromatic rings. The Labute approximate surface area is 197 Å². The second kappa shape index (κ2) is 10.5. The number of methoxy groups -OCH3 is 2. The Morgan fingerprint density at radius 2 is 1.85 bits per heavy atom. The van der Waals surface area contributed by atoms with E-state index in [4.69, 9.17) is 25.6 Å². The summed E-state index contributed by atoms with van der Waals surface area (Å²) in [6.07, 6.45) is 3.29. The normalized spacial score (nSPS) is 14.6. The minimum absolute atomic E-state index is 0.0451. The van der Waals surface area contributed by atoms with Crippen LogP contribution in [0.25, 0.3) is 17.5 Å². The van der Waals surface area contributed by atoms with Gasteiger partial charge in [-0.25, -0.2) is 0 Å². The number of aromatic nitrogens is 2. The molecule has 0 unspecified atom stereocenters. The second-order valence-corrected chi connectivity index (χ2v) is 8.00. The molecule has 172 valence electrons. The Balaban J connectivity index is 1.30. The summed E-state index contributed by atoms with van der Waals surface area (Å²) in [4.78, 5) is 21.1. The van der Waals surface area contributed by atoms with Crippen LogP contribution in [0.3, 0.4) is 0 Å². The van der Waals surface area contributed by atoms with Gasteiger partial charge in [0.25, 0.3) is 0 Å². The fourth-order valence-corrected chi connectivity index (χ4v) is 3.78. The number of amides is 1. The van der Waals surface area contributed by atoms with E-state index in [-0.39, 0.29) is 5.91 Å². The largest absolute Gasteiger partial charge is 0.497 e. The summed E-state index contributed by atoms with van der Waals surface area (Å²) in [5.41, 5.74) is 1.63. The molecule has 0 saturated carbocycles. The van der Waals surface area contributed by atoms with E-state index < -0.39 is 0 Å². The highest BCUT2D eigenvalue weighted by Crippen LogP contribution is 2.24. The molecule has 1 fully saturated rings. The Morgan fingerprint density at radius 1 is 1.09 bits per heavy atom. The van der Waals surface area contributed by atoms with Gasteiger partial charge in [0.05, 0.1) is 20.8 Å². The van der Waals surface area contributed by atoms with E-state index in [9.17, 15) is 4.79 Å². The molecule has 2 aromatic carbocycles. The molecule has 1 saturated heterocycles. The average Bonchev–Trinajstić information content (AvgIpc) is 3.31. The fourth-order valence-electron chi connectivity index (χ4n) is 3.60. The van der Waals surface area contributed by atoms with Crippen molar-refractivity contribution < 1.29 is 18.8 Å². The smallest absolute Gasteiger partial charge is 0.246 e. The van der Waals surface area contributed by atoms with Crippen molar-refractivity contribution in [1.82, 2.24) is 19.9 Å². The monoisotopic (exact) mass is 468 g/mol. The zero-order chi connectivity index (χ0) is 23.2. The lowest BCUT2D eigenvalue weighted by molar-refractivity contribution is -0.127. The first-order valence-electron chi connectivity index (χ1n) is 10.6. The summed E-state index contributed by atoms with van der Waals surface area (Å²) in [5, 5.41) is 4.67. The molecule has 1 aliphatic heterocycles. The van der Waals surface area contributed by atoms with Crippen LogP contribution in [0.5, 0.6) is 11.5 Å². The van der Waals surface area contributed by atoms with Gasteiger partial charge in [0, 0.05) is 48.4 Å². The molecule has 8 nitrogen and oxygen atoms in total. The predicted molar refractivity (Wildman–Crippen MR) is 125 cm³/mol. The summed E-state index contributed by atoms with van der Waals surface area (Å²) < 4.78 is 15.9. The number of piperazine rings is 1. The second-order valence-electron chi connectivity index (χ2n) is 7.56. The van der Waals surface area contributed by atoms with E-state index in [0.29, 0.717) is 42.1 Å². The van der Waals surface area contributed by atoms with Crippen molar-refractivity contribution >= 4 is 23.6 Å². The predicted octanol–water partition coefficient (Wildman–Crippen LogP) is 3.76. The van der Waals surface area contributed by atoms with Crippen molar-refractivity contribution in [1.29, 1.82) is 0 Å². The lowest BCUT2D eigenvalue weighted by Crippen LogP contribution is -2.47. The van der Waals surface area contributed by atoms with E-state index >= 15 is 0 Å². The third kappa shape index (κ3) is 5.71. The first-order chi connectivity index (χ1) is 16.1. The maximum absolute atomic E-state index is 12.6. The Bertz CT molecular complexity index is 1120. The van der Waals surface area contributed by atoms with E-state index in [1.807, 2.05) is 29.2 Å². The van der Waals surface area contributed by atoms with Crippen molar-refractivity contribution in [3.63, 3.8) is 0 Å². The highest BCUT2D eigenvalue weighted by Gasteiger charge is 2.21. The van der Waals surface area contributed by atoms with Gasteiger partial charge in [-0.05, 0) is 48.5 Å². The lowest BCUT2D eigenvalue weighted by atomic mass is 10.2. The number of halogens is 1. The van der Waals surface area contributed by atoms with Gasteiger partial charge in [-0.3, -0.25) is 9.69 Å². The van der Waals surface area contributed by atoms with Gasteiger partial charge in [-0.2, -0.15) is 4.98 Å². The molecular formula is C24H25ClN4O4. The van der Waals surface area contributed by atoms with Crippen LogP contribution in [-0.2, 0) is 11.3 Å². The molecule has 0 spiro atoms. The molecular weight excluding hydrogens is 444 g/mol. The van der Waals surface area contributed by atoms with E-state index in [0.717, 1.165) is 30.0 Å². The molecule has 1 aromatic heterocycles. The maximum atomic E-state index is 12.6. The molecule has 1 aliphatic rings.